The molecule has 2 aromatic carbocycles. The minimum Gasteiger partial charge on any atom is -0.462 e. The molecule has 0 saturated carbocycles. The minimum absolute atomic E-state index is 0.322. The quantitative estimate of drug-likeness (QED) is 0.281. The zero-order valence-electron chi connectivity index (χ0n) is 21.7. The highest BCUT2D eigenvalue weighted by Crippen LogP contribution is 2.34. The van der Waals surface area contributed by atoms with Gasteiger partial charge < -0.3 is 13.9 Å². The molecule has 0 aliphatic heterocycles. The molecule has 9 heteroatoms. The predicted molar refractivity (Wildman–Crippen MR) is 142 cm³/mol. The summed E-state index contributed by atoms with van der Waals surface area (Å²) in [5.74, 6) is 1.22. The number of benzene rings is 2. The van der Waals surface area contributed by atoms with Gasteiger partial charge in [0.2, 0.25) is 5.82 Å². The molecule has 0 spiro atoms. The topological polar surface area (TPSA) is 104 Å². The van der Waals surface area contributed by atoms with Crippen LogP contribution in [0.1, 0.15) is 54.6 Å². The maximum Gasteiger partial charge on any atom is 0.340 e. The molecular formula is C28H31N7O2. The molecule has 9 nitrogen and oxygen atoms in total. The Labute approximate surface area is 215 Å². The minimum atomic E-state index is -0.322. The van der Waals surface area contributed by atoms with Crippen molar-refractivity contribution in [3.05, 3.63) is 71.2 Å². The van der Waals surface area contributed by atoms with Crippen LogP contribution >= 0.6 is 0 Å². The van der Waals surface area contributed by atoms with Crippen molar-refractivity contribution in [2.45, 2.75) is 53.6 Å². The molecule has 3 heterocycles. The van der Waals surface area contributed by atoms with Gasteiger partial charge in [0.1, 0.15) is 5.82 Å². The molecule has 37 heavy (non-hydrogen) atoms. The number of carbonyl (C=O) groups is 1. The number of carbonyl (C=O) groups excluding carboxylic acids is 1. The zero-order valence-corrected chi connectivity index (χ0v) is 21.7. The van der Waals surface area contributed by atoms with Gasteiger partial charge in [-0.05, 0) is 61.7 Å². The number of aryl methyl sites for hydroxylation is 2. The summed E-state index contributed by atoms with van der Waals surface area (Å²) in [6.07, 6.45) is 1.79. The number of hydrogen-bond donors (Lipinski definition) is 1. The first kappa shape index (κ1) is 24.4. The number of para-hydroxylation sites is 1. The molecule has 0 radical (unpaired) electrons. The van der Waals surface area contributed by atoms with Gasteiger partial charge in [-0.3, -0.25) is 0 Å². The van der Waals surface area contributed by atoms with Crippen LogP contribution in [0.5, 0.6) is 0 Å². The van der Waals surface area contributed by atoms with Gasteiger partial charge in [-0.25, -0.2) is 9.78 Å². The number of fused-ring (bicyclic) bond motifs is 1. The first-order chi connectivity index (χ1) is 18.0. The predicted octanol–water partition coefficient (Wildman–Crippen LogP) is 5.19. The van der Waals surface area contributed by atoms with Gasteiger partial charge in [0, 0.05) is 30.8 Å². The second-order valence-electron chi connectivity index (χ2n) is 8.98. The Hall–Kier alpha value is -4.27. The number of H-pyrrole nitrogens is 1. The van der Waals surface area contributed by atoms with E-state index in [-0.39, 0.29) is 5.97 Å². The Morgan fingerprint density at radius 2 is 1.86 bits per heavy atom. The van der Waals surface area contributed by atoms with Gasteiger partial charge in [0.15, 0.2) is 0 Å². The monoisotopic (exact) mass is 497 g/mol. The van der Waals surface area contributed by atoms with Crippen LogP contribution in [0.4, 0.5) is 0 Å². The Morgan fingerprint density at radius 3 is 2.54 bits per heavy atom. The lowest BCUT2D eigenvalue weighted by Gasteiger charge is -2.13. The third-order valence-corrected chi connectivity index (χ3v) is 6.59. The first-order valence-corrected chi connectivity index (χ1v) is 12.7. The van der Waals surface area contributed by atoms with E-state index in [0.29, 0.717) is 24.5 Å². The fourth-order valence-corrected chi connectivity index (χ4v) is 4.98. The molecule has 0 atom stereocenters. The summed E-state index contributed by atoms with van der Waals surface area (Å²) in [6.45, 7) is 9.94. The van der Waals surface area contributed by atoms with Gasteiger partial charge >= 0.3 is 5.97 Å². The number of hydrogen-bond acceptors (Lipinski definition) is 6. The van der Waals surface area contributed by atoms with E-state index >= 15 is 0 Å². The SMILES string of the molecule is CCCc1nc2cccc(C(=O)OCC)c2n1Cc1ccc(-c2c(-c3nn[nH]n3)cc(C)n2CC)cc1. The smallest absolute Gasteiger partial charge is 0.340 e. The van der Waals surface area contributed by atoms with Crippen LogP contribution < -0.4 is 0 Å². The number of aromatic amines is 1. The molecule has 0 bridgehead atoms. The van der Waals surface area contributed by atoms with Gasteiger partial charge in [-0.1, -0.05) is 37.3 Å². The van der Waals surface area contributed by atoms with Crippen molar-refractivity contribution in [3.8, 4) is 22.6 Å². The van der Waals surface area contributed by atoms with E-state index in [1.807, 2.05) is 25.1 Å². The lowest BCUT2D eigenvalue weighted by atomic mass is 10.0. The molecule has 0 amide bonds. The van der Waals surface area contributed by atoms with E-state index in [9.17, 15) is 4.79 Å². The molecular weight excluding hydrogens is 466 g/mol. The molecule has 5 aromatic rings. The largest absolute Gasteiger partial charge is 0.462 e. The Balaban J connectivity index is 1.55. The van der Waals surface area contributed by atoms with Crippen molar-refractivity contribution in [2.75, 3.05) is 6.61 Å². The molecule has 0 aliphatic carbocycles. The number of ether oxygens (including phenoxy) is 1. The highest BCUT2D eigenvalue weighted by molar-refractivity contribution is 6.02. The Bertz CT molecular complexity index is 1530. The van der Waals surface area contributed by atoms with Crippen LogP contribution in [-0.2, 0) is 24.2 Å². The van der Waals surface area contributed by atoms with Gasteiger partial charge in [0.05, 0.1) is 28.9 Å². The van der Waals surface area contributed by atoms with E-state index in [4.69, 9.17) is 9.72 Å². The molecule has 1 N–H and O–H groups in total. The fourth-order valence-electron chi connectivity index (χ4n) is 4.98. The summed E-state index contributed by atoms with van der Waals surface area (Å²) in [4.78, 5) is 17.6. The van der Waals surface area contributed by atoms with Crippen LogP contribution in [0.25, 0.3) is 33.7 Å². The Kier molecular flexibility index (Phi) is 6.85. The molecule has 0 unspecified atom stereocenters. The number of rotatable bonds is 9. The van der Waals surface area contributed by atoms with Crippen LogP contribution in [0.3, 0.4) is 0 Å². The second-order valence-corrected chi connectivity index (χ2v) is 8.98. The van der Waals surface area contributed by atoms with E-state index in [1.165, 1.54) is 0 Å². The number of tetrazole rings is 1. The van der Waals surface area contributed by atoms with Crippen LogP contribution in [0.2, 0.25) is 0 Å². The molecule has 0 fully saturated rings. The fraction of sp³-hybridized carbons (Fsp3) is 0.321. The van der Waals surface area contributed by atoms with Crippen molar-refractivity contribution < 1.29 is 9.53 Å². The van der Waals surface area contributed by atoms with E-state index < -0.39 is 0 Å². The standard InChI is InChI=1S/C28H31N7O2/c1-5-9-24-29-23-11-8-10-21(28(36)37-7-3)26(23)35(24)17-19-12-14-20(15-13-19)25-22(27-30-32-33-31-27)16-18(4)34(25)6-2/h8,10-16H,5-7,9,17H2,1-4H3,(H,30,31,32,33). The summed E-state index contributed by atoms with van der Waals surface area (Å²) < 4.78 is 9.76. The maximum atomic E-state index is 12.7. The van der Waals surface area contributed by atoms with Crippen LogP contribution in [0, 0.1) is 6.92 Å². The summed E-state index contributed by atoms with van der Waals surface area (Å²) in [7, 11) is 0. The van der Waals surface area contributed by atoms with E-state index in [1.54, 1.807) is 0 Å². The van der Waals surface area contributed by atoms with Crippen molar-refractivity contribution in [1.29, 1.82) is 0 Å². The van der Waals surface area contributed by atoms with Gasteiger partial charge in [-0.2, -0.15) is 5.21 Å². The summed E-state index contributed by atoms with van der Waals surface area (Å²) in [5.41, 5.74) is 7.54. The average molecular weight is 498 g/mol. The highest BCUT2D eigenvalue weighted by atomic mass is 16.5. The first-order valence-electron chi connectivity index (χ1n) is 12.7. The Morgan fingerprint density at radius 1 is 1.05 bits per heavy atom. The van der Waals surface area contributed by atoms with Gasteiger partial charge in [-0.15, -0.1) is 10.2 Å². The number of aromatic nitrogens is 7. The third-order valence-electron chi connectivity index (χ3n) is 6.59. The highest BCUT2D eigenvalue weighted by Gasteiger charge is 2.20. The second kappa shape index (κ2) is 10.4. The normalized spacial score (nSPS) is 11.4. The van der Waals surface area contributed by atoms with E-state index in [0.717, 1.165) is 64.3 Å². The number of nitrogens with zero attached hydrogens (tertiary/aromatic N) is 6. The van der Waals surface area contributed by atoms with Crippen molar-refractivity contribution in [1.82, 2.24) is 34.7 Å². The number of imidazole rings is 1. The lowest BCUT2D eigenvalue weighted by molar-refractivity contribution is 0.0528. The maximum absolute atomic E-state index is 12.7. The van der Waals surface area contributed by atoms with Crippen LogP contribution in [0.15, 0.2) is 48.5 Å². The van der Waals surface area contributed by atoms with E-state index in [2.05, 4.69) is 80.9 Å². The van der Waals surface area contributed by atoms with Crippen LogP contribution in [-0.4, -0.2) is 47.3 Å². The third kappa shape index (κ3) is 4.52. The molecule has 3 aromatic heterocycles. The van der Waals surface area contributed by atoms with Gasteiger partial charge in [0.25, 0.3) is 0 Å². The molecule has 0 aliphatic rings. The summed E-state index contributed by atoms with van der Waals surface area (Å²) >= 11 is 0. The van der Waals surface area contributed by atoms with Crippen molar-refractivity contribution in [2.24, 2.45) is 0 Å². The average Bonchev–Trinajstić information content (AvgIpc) is 3.63. The number of nitrogens with one attached hydrogen (secondary N) is 1. The van der Waals surface area contributed by atoms with Crippen molar-refractivity contribution >= 4 is 17.0 Å². The van der Waals surface area contributed by atoms with Crippen molar-refractivity contribution in [3.63, 3.8) is 0 Å². The zero-order chi connectivity index (χ0) is 25.9. The molecule has 190 valence electrons. The molecule has 0 saturated heterocycles. The summed E-state index contributed by atoms with van der Waals surface area (Å²) in [6, 6.07) is 16.3. The molecule has 5 rings (SSSR count). The number of esters is 1. The summed E-state index contributed by atoms with van der Waals surface area (Å²) in [5, 5.41) is 14.7. The lowest BCUT2D eigenvalue weighted by Crippen LogP contribution is -2.10.